The lowest BCUT2D eigenvalue weighted by Gasteiger charge is -2.13. The smallest absolute Gasteiger partial charge is 0.254 e. The van der Waals surface area contributed by atoms with Crippen LogP contribution >= 0.6 is 0 Å². The van der Waals surface area contributed by atoms with Gasteiger partial charge in [0.1, 0.15) is 17.4 Å². The van der Waals surface area contributed by atoms with Crippen LogP contribution < -0.4 is 10.1 Å². The molecule has 0 aliphatic heterocycles. The number of amides is 1. The lowest BCUT2D eigenvalue weighted by molar-refractivity contribution is 0.0930. The Balaban J connectivity index is 2.25. The van der Waals surface area contributed by atoms with Crippen LogP contribution in [0.25, 0.3) is 11.1 Å². The standard InChI is InChI=1S/C18H19F2NO3/c1-11(7-8-22)21-18(23)15-5-3-12(9-16(15)19)14-6-4-13(24-2)10-17(14)20/h3-6,9-11,22H,7-8H2,1-2H3,(H,21,23). The molecule has 0 saturated carbocycles. The number of rotatable bonds is 6. The Morgan fingerprint density at radius 2 is 1.96 bits per heavy atom. The monoisotopic (exact) mass is 335 g/mol. The fourth-order valence-corrected chi connectivity index (χ4v) is 2.29. The maximum atomic E-state index is 14.2. The van der Waals surface area contributed by atoms with Crippen molar-refractivity contribution in [2.45, 2.75) is 19.4 Å². The number of benzene rings is 2. The first-order valence-corrected chi connectivity index (χ1v) is 7.51. The topological polar surface area (TPSA) is 58.6 Å². The van der Waals surface area contributed by atoms with Crippen molar-refractivity contribution in [2.75, 3.05) is 13.7 Å². The van der Waals surface area contributed by atoms with Crippen molar-refractivity contribution in [3.8, 4) is 16.9 Å². The van der Waals surface area contributed by atoms with Crippen LogP contribution in [0.5, 0.6) is 5.75 Å². The summed E-state index contributed by atoms with van der Waals surface area (Å²) < 4.78 is 33.2. The fraction of sp³-hybridized carbons (Fsp3) is 0.278. The van der Waals surface area contributed by atoms with E-state index in [0.29, 0.717) is 17.7 Å². The van der Waals surface area contributed by atoms with E-state index in [-0.39, 0.29) is 23.8 Å². The second kappa shape index (κ2) is 7.88. The van der Waals surface area contributed by atoms with Gasteiger partial charge in [-0.3, -0.25) is 4.79 Å². The maximum absolute atomic E-state index is 14.2. The molecule has 128 valence electrons. The quantitative estimate of drug-likeness (QED) is 0.853. The molecular formula is C18H19F2NO3. The molecule has 0 heterocycles. The van der Waals surface area contributed by atoms with E-state index in [9.17, 15) is 13.6 Å². The summed E-state index contributed by atoms with van der Waals surface area (Å²) in [6.07, 6.45) is 0.377. The Hall–Kier alpha value is -2.47. The Labute approximate surface area is 139 Å². The van der Waals surface area contributed by atoms with Gasteiger partial charge in [-0.05, 0) is 43.2 Å². The lowest BCUT2D eigenvalue weighted by Crippen LogP contribution is -2.33. The molecular weight excluding hydrogens is 316 g/mol. The van der Waals surface area contributed by atoms with Gasteiger partial charge in [0.2, 0.25) is 0 Å². The van der Waals surface area contributed by atoms with Gasteiger partial charge < -0.3 is 15.2 Å². The molecule has 0 aliphatic rings. The van der Waals surface area contributed by atoms with Gasteiger partial charge in [0, 0.05) is 24.3 Å². The average molecular weight is 335 g/mol. The number of nitrogens with one attached hydrogen (secondary N) is 1. The van der Waals surface area contributed by atoms with Crippen LogP contribution in [0.3, 0.4) is 0 Å². The Morgan fingerprint density at radius 1 is 1.21 bits per heavy atom. The summed E-state index contributed by atoms with van der Waals surface area (Å²) in [6, 6.07) is 7.93. The molecule has 1 atom stereocenters. The third-order valence-corrected chi connectivity index (χ3v) is 3.64. The Bertz CT molecular complexity index is 734. The van der Waals surface area contributed by atoms with E-state index in [1.54, 1.807) is 13.0 Å². The van der Waals surface area contributed by atoms with Gasteiger partial charge >= 0.3 is 0 Å². The molecule has 1 amide bonds. The van der Waals surface area contributed by atoms with E-state index >= 15 is 0 Å². The van der Waals surface area contributed by atoms with Gasteiger partial charge in [-0.1, -0.05) is 6.07 Å². The number of aliphatic hydroxyl groups is 1. The third-order valence-electron chi connectivity index (χ3n) is 3.64. The first kappa shape index (κ1) is 17.9. The van der Waals surface area contributed by atoms with Crippen molar-refractivity contribution < 1.29 is 23.4 Å². The lowest BCUT2D eigenvalue weighted by atomic mass is 10.0. The predicted octanol–water partition coefficient (Wildman–Crippen LogP) is 3.14. The summed E-state index contributed by atoms with van der Waals surface area (Å²) in [5, 5.41) is 11.4. The molecule has 0 spiro atoms. The van der Waals surface area contributed by atoms with Crippen LogP contribution in [0.15, 0.2) is 36.4 Å². The van der Waals surface area contributed by atoms with Crippen LogP contribution in [-0.4, -0.2) is 30.8 Å². The molecule has 2 rings (SSSR count). The van der Waals surface area contributed by atoms with E-state index < -0.39 is 17.5 Å². The summed E-state index contributed by atoms with van der Waals surface area (Å²) in [4.78, 5) is 12.0. The van der Waals surface area contributed by atoms with Gasteiger partial charge in [-0.25, -0.2) is 8.78 Å². The first-order chi connectivity index (χ1) is 11.5. The first-order valence-electron chi connectivity index (χ1n) is 7.51. The second-order valence-electron chi connectivity index (χ2n) is 5.43. The summed E-state index contributed by atoms with van der Waals surface area (Å²) in [7, 11) is 1.43. The minimum absolute atomic E-state index is 0.0698. The number of halogens is 2. The average Bonchev–Trinajstić information content (AvgIpc) is 2.54. The molecule has 0 aromatic heterocycles. The zero-order valence-corrected chi connectivity index (χ0v) is 13.5. The molecule has 24 heavy (non-hydrogen) atoms. The maximum Gasteiger partial charge on any atom is 0.254 e. The summed E-state index contributed by atoms with van der Waals surface area (Å²) >= 11 is 0. The highest BCUT2D eigenvalue weighted by Crippen LogP contribution is 2.27. The van der Waals surface area contributed by atoms with Crippen LogP contribution in [0, 0.1) is 11.6 Å². The molecule has 2 aromatic rings. The Kier molecular flexibility index (Phi) is 5.87. The van der Waals surface area contributed by atoms with Crippen molar-refractivity contribution >= 4 is 5.91 Å². The van der Waals surface area contributed by atoms with Crippen molar-refractivity contribution in [1.82, 2.24) is 5.32 Å². The number of carbonyl (C=O) groups is 1. The highest BCUT2D eigenvalue weighted by molar-refractivity contribution is 5.95. The number of hydrogen-bond acceptors (Lipinski definition) is 3. The Morgan fingerprint density at radius 3 is 2.54 bits per heavy atom. The third kappa shape index (κ3) is 4.08. The second-order valence-corrected chi connectivity index (χ2v) is 5.43. The molecule has 2 N–H and O–H groups in total. The normalized spacial score (nSPS) is 11.9. The van der Waals surface area contributed by atoms with Gasteiger partial charge in [0.05, 0.1) is 12.7 Å². The van der Waals surface area contributed by atoms with Crippen LogP contribution in [0.4, 0.5) is 8.78 Å². The highest BCUT2D eigenvalue weighted by Gasteiger charge is 2.16. The molecule has 0 bridgehead atoms. The fourth-order valence-electron chi connectivity index (χ4n) is 2.29. The van der Waals surface area contributed by atoms with Crippen molar-refractivity contribution in [3.63, 3.8) is 0 Å². The van der Waals surface area contributed by atoms with E-state index in [4.69, 9.17) is 9.84 Å². The number of aliphatic hydroxyl groups excluding tert-OH is 1. The van der Waals surface area contributed by atoms with Crippen molar-refractivity contribution in [3.05, 3.63) is 53.6 Å². The molecule has 2 aromatic carbocycles. The van der Waals surface area contributed by atoms with Gasteiger partial charge in [-0.2, -0.15) is 0 Å². The zero-order valence-electron chi connectivity index (χ0n) is 13.5. The molecule has 6 heteroatoms. The highest BCUT2D eigenvalue weighted by atomic mass is 19.1. The van der Waals surface area contributed by atoms with Crippen LogP contribution in [-0.2, 0) is 0 Å². The number of methoxy groups -OCH3 is 1. The van der Waals surface area contributed by atoms with Gasteiger partial charge in [-0.15, -0.1) is 0 Å². The summed E-state index contributed by atoms with van der Waals surface area (Å²) in [5.74, 6) is -1.49. The van der Waals surface area contributed by atoms with Crippen LogP contribution in [0.1, 0.15) is 23.7 Å². The van der Waals surface area contributed by atoms with Crippen molar-refractivity contribution in [1.29, 1.82) is 0 Å². The van der Waals surface area contributed by atoms with Gasteiger partial charge in [0.25, 0.3) is 5.91 Å². The molecule has 0 saturated heterocycles. The van der Waals surface area contributed by atoms with Crippen molar-refractivity contribution in [2.24, 2.45) is 0 Å². The molecule has 4 nitrogen and oxygen atoms in total. The largest absolute Gasteiger partial charge is 0.497 e. The van der Waals surface area contributed by atoms with Crippen LogP contribution in [0.2, 0.25) is 0 Å². The minimum atomic E-state index is -0.739. The molecule has 0 radical (unpaired) electrons. The van der Waals surface area contributed by atoms with E-state index in [2.05, 4.69) is 5.32 Å². The van der Waals surface area contributed by atoms with E-state index in [0.717, 1.165) is 6.07 Å². The molecule has 1 unspecified atom stereocenters. The minimum Gasteiger partial charge on any atom is -0.497 e. The predicted molar refractivity (Wildman–Crippen MR) is 87.0 cm³/mol. The number of ether oxygens (including phenoxy) is 1. The molecule has 0 fully saturated rings. The van der Waals surface area contributed by atoms with E-state index in [1.165, 1.54) is 31.4 Å². The zero-order chi connectivity index (χ0) is 17.7. The summed E-state index contributed by atoms with van der Waals surface area (Å²) in [5.41, 5.74) is 0.417. The number of carbonyl (C=O) groups excluding carboxylic acids is 1. The summed E-state index contributed by atoms with van der Waals surface area (Å²) in [6.45, 7) is 1.65. The SMILES string of the molecule is COc1ccc(-c2ccc(C(=O)NC(C)CCO)c(F)c2)c(F)c1. The molecule has 0 aliphatic carbocycles. The van der Waals surface area contributed by atoms with Gasteiger partial charge in [0.15, 0.2) is 0 Å². The number of hydrogen-bond donors (Lipinski definition) is 2. The van der Waals surface area contributed by atoms with E-state index in [1.807, 2.05) is 0 Å².